The van der Waals surface area contributed by atoms with Gasteiger partial charge in [0.1, 0.15) is 10.6 Å². The molecule has 0 aromatic carbocycles. The van der Waals surface area contributed by atoms with E-state index in [4.69, 9.17) is 9.72 Å². The number of hydrogen-bond donors (Lipinski definition) is 3. The van der Waals surface area contributed by atoms with Crippen LogP contribution in [0.4, 0.5) is 0 Å². The molecule has 1 aromatic heterocycles. The predicted octanol–water partition coefficient (Wildman–Crippen LogP) is 4.48. The second-order valence-corrected chi connectivity index (χ2v) is 12.7. The number of aliphatic hydroxyl groups is 1. The van der Waals surface area contributed by atoms with Gasteiger partial charge in [0.05, 0.1) is 30.4 Å². The predicted molar refractivity (Wildman–Crippen MR) is 135 cm³/mol. The molecule has 1 spiro atoms. The Kier molecular flexibility index (Phi) is 7.29. The number of carbonyl (C=O) groups excluding carboxylic acids is 1. The van der Waals surface area contributed by atoms with E-state index in [9.17, 15) is 19.8 Å². The smallest absolute Gasteiger partial charge is 0.304 e. The summed E-state index contributed by atoms with van der Waals surface area (Å²) < 4.78 is 5.11. The Labute approximate surface area is 209 Å². The number of allylic oxidation sites excluding steroid dienone is 2. The molecule has 3 aliphatic heterocycles. The van der Waals surface area contributed by atoms with Crippen molar-refractivity contribution in [3.05, 3.63) is 33.8 Å². The van der Waals surface area contributed by atoms with E-state index in [1.807, 2.05) is 19.2 Å². The SMILES string of the molecule is CCCC1=Cc2csc(n2)C(C)NC(=O)CC2(CC(=O)O)CCC(C)(O)C(CC3(C=C1)CO3)S2. The molecule has 5 atom stereocenters. The normalized spacial score (nSPS) is 36.1. The quantitative estimate of drug-likeness (QED) is 0.516. The lowest BCUT2D eigenvalue weighted by atomic mass is 9.83. The van der Waals surface area contributed by atoms with Gasteiger partial charge in [-0.3, -0.25) is 9.59 Å². The van der Waals surface area contributed by atoms with Gasteiger partial charge in [-0.15, -0.1) is 23.1 Å². The van der Waals surface area contributed by atoms with Crippen LogP contribution in [-0.4, -0.2) is 54.9 Å². The number of aromatic nitrogens is 1. The van der Waals surface area contributed by atoms with Gasteiger partial charge < -0.3 is 20.3 Å². The summed E-state index contributed by atoms with van der Waals surface area (Å²) in [5, 5.41) is 26.5. The molecule has 9 heteroatoms. The van der Waals surface area contributed by atoms with E-state index in [0.717, 1.165) is 29.1 Å². The zero-order chi connectivity index (χ0) is 24.6. The molecule has 4 rings (SSSR count). The molecule has 34 heavy (non-hydrogen) atoms. The van der Waals surface area contributed by atoms with E-state index < -0.39 is 21.9 Å². The maximum atomic E-state index is 13.1. The minimum absolute atomic E-state index is 0.0867. The number of carboxylic acid groups (broad SMARTS) is 1. The molecule has 3 aliphatic rings. The Bertz CT molecular complexity index is 997. The Morgan fingerprint density at radius 3 is 2.82 bits per heavy atom. The van der Waals surface area contributed by atoms with E-state index in [-0.39, 0.29) is 30.0 Å². The first-order chi connectivity index (χ1) is 16.0. The summed E-state index contributed by atoms with van der Waals surface area (Å²) in [7, 11) is 0. The van der Waals surface area contributed by atoms with E-state index in [1.54, 1.807) is 0 Å². The largest absolute Gasteiger partial charge is 0.481 e. The van der Waals surface area contributed by atoms with Crippen molar-refractivity contribution in [1.82, 2.24) is 10.3 Å². The second-order valence-electron chi connectivity index (χ2n) is 10.2. The number of aliphatic carboxylic acids is 1. The van der Waals surface area contributed by atoms with Crippen LogP contribution in [0.15, 0.2) is 23.1 Å². The van der Waals surface area contributed by atoms with E-state index in [0.29, 0.717) is 25.9 Å². The van der Waals surface area contributed by atoms with Gasteiger partial charge in [-0.1, -0.05) is 25.5 Å². The van der Waals surface area contributed by atoms with Crippen LogP contribution in [0, 0.1) is 0 Å². The fraction of sp³-hybridized carbons (Fsp3) is 0.640. The first-order valence-electron chi connectivity index (χ1n) is 11.9. The number of nitrogens with one attached hydrogen (secondary N) is 1. The number of thioether (sulfide) groups is 1. The van der Waals surface area contributed by atoms with Crippen LogP contribution in [0.3, 0.4) is 0 Å². The lowest BCUT2D eigenvalue weighted by Gasteiger charge is -2.47. The third-order valence-electron chi connectivity index (χ3n) is 6.94. The van der Waals surface area contributed by atoms with Crippen LogP contribution in [0.1, 0.15) is 82.5 Å². The van der Waals surface area contributed by atoms with Gasteiger partial charge in [0.15, 0.2) is 0 Å². The highest BCUT2D eigenvalue weighted by molar-refractivity contribution is 8.01. The zero-order valence-corrected chi connectivity index (χ0v) is 21.6. The molecular weight excluding hydrogens is 472 g/mol. The monoisotopic (exact) mass is 506 g/mol. The van der Waals surface area contributed by atoms with Crippen molar-refractivity contribution in [1.29, 1.82) is 0 Å². The summed E-state index contributed by atoms with van der Waals surface area (Å²) >= 11 is 2.97. The van der Waals surface area contributed by atoms with Crippen LogP contribution >= 0.6 is 23.1 Å². The van der Waals surface area contributed by atoms with E-state index in [1.165, 1.54) is 23.1 Å². The summed E-state index contributed by atoms with van der Waals surface area (Å²) in [5.41, 5.74) is 0.583. The van der Waals surface area contributed by atoms with E-state index in [2.05, 4.69) is 30.5 Å². The van der Waals surface area contributed by atoms with Crippen molar-refractivity contribution in [2.45, 2.75) is 93.0 Å². The first-order valence-corrected chi connectivity index (χ1v) is 13.7. The Hall–Kier alpha value is -1.68. The molecule has 0 saturated carbocycles. The molecule has 5 unspecified atom stereocenters. The van der Waals surface area contributed by atoms with Gasteiger partial charge in [0.2, 0.25) is 5.91 Å². The number of ether oxygens (including phenoxy) is 1. The van der Waals surface area contributed by atoms with Crippen molar-refractivity contribution in [2.75, 3.05) is 6.61 Å². The van der Waals surface area contributed by atoms with Crippen LogP contribution in [0.25, 0.3) is 6.08 Å². The van der Waals surface area contributed by atoms with Crippen molar-refractivity contribution < 1.29 is 24.5 Å². The van der Waals surface area contributed by atoms with Crippen LogP contribution in [0.2, 0.25) is 0 Å². The molecule has 186 valence electrons. The fourth-order valence-corrected chi connectivity index (χ4v) is 7.60. The maximum Gasteiger partial charge on any atom is 0.304 e. The number of thiazole rings is 1. The zero-order valence-electron chi connectivity index (χ0n) is 20.0. The second kappa shape index (κ2) is 9.76. The van der Waals surface area contributed by atoms with Gasteiger partial charge in [-0.25, -0.2) is 4.98 Å². The van der Waals surface area contributed by atoms with Gasteiger partial charge >= 0.3 is 5.97 Å². The molecule has 2 saturated heterocycles. The van der Waals surface area contributed by atoms with Crippen molar-refractivity contribution in [3.8, 4) is 0 Å². The van der Waals surface area contributed by atoms with Crippen LogP contribution in [0.5, 0.6) is 0 Å². The van der Waals surface area contributed by atoms with Crippen molar-refractivity contribution in [3.63, 3.8) is 0 Å². The highest BCUT2D eigenvalue weighted by Gasteiger charge is 2.54. The summed E-state index contributed by atoms with van der Waals surface area (Å²) in [5.74, 6) is -1.12. The fourth-order valence-electron chi connectivity index (χ4n) is 4.83. The van der Waals surface area contributed by atoms with E-state index >= 15 is 0 Å². The number of hydrogen-bond acceptors (Lipinski definition) is 7. The van der Waals surface area contributed by atoms with Gasteiger partial charge in [-0.2, -0.15) is 0 Å². The maximum absolute atomic E-state index is 13.1. The minimum Gasteiger partial charge on any atom is -0.481 e. The number of amides is 1. The molecule has 3 N–H and O–H groups in total. The highest BCUT2D eigenvalue weighted by Crippen LogP contribution is 2.53. The molecule has 4 bridgehead atoms. The van der Waals surface area contributed by atoms with Gasteiger partial charge in [0.25, 0.3) is 0 Å². The molecular formula is C25H34N2O5S2. The van der Waals surface area contributed by atoms with Crippen LogP contribution in [-0.2, 0) is 14.3 Å². The number of carbonyl (C=O) groups is 2. The average Bonchev–Trinajstić information content (AvgIpc) is 3.34. The molecule has 1 amide bonds. The van der Waals surface area contributed by atoms with Crippen molar-refractivity contribution in [2.24, 2.45) is 0 Å². The molecule has 0 radical (unpaired) electrons. The molecule has 0 aliphatic carbocycles. The lowest BCUT2D eigenvalue weighted by Crippen LogP contribution is -2.51. The number of nitrogens with zero attached hydrogens (tertiary/aromatic N) is 1. The standard InChI is InChI=1S/C25H34N2O5S2/c1-4-5-17-6-7-24(15-32-24)11-19-23(3,31)8-9-25(34-19,13-21(29)30)12-20(28)26-16(2)22-27-18(10-17)14-33-22/h6-7,10,14,16,19,31H,4-5,8-9,11-13,15H2,1-3H3,(H,26,28)(H,29,30). The van der Waals surface area contributed by atoms with Gasteiger partial charge in [0, 0.05) is 21.8 Å². The third kappa shape index (κ3) is 5.93. The lowest BCUT2D eigenvalue weighted by molar-refractivity contribution is -0.138. The summed E-state index contributed by atoms with van der Waals surface area (Å²) in [4.78, 5) is 29.6. The molecule has 1 aromatic rings. The van der Waals surface area contributed by atoms with Gasteiger partial charge in [-0.05, 0) is 51.2 Å². The first kappa shape index (κ1) is 25.4. The summed E-state index contributed by atoms with van der Waals surface area (Å²) in [6, 6.07) is -0.268. The van der Waals surface area contributed by atoms with Crippen LogP contribution < -0.4 is 5.32 Å². The number of carboxylic acids is 1. The molecule has 2 fully saturated rings. The number of epoxide rings is 1. The number of fused-ring (bicyclic) bond motifs is 4. The highest BCUT2D eigenvalue weighted by atomic mass is 32.2. The Morgan fingerprint density at radius 1 is 1.38 bits per heavy atom. The summed E-state index contributed by atoms with van der Waals surface area (Å²) in [6.45, 7) is 6.43. The average molecular weight is 507 g/mol. The Morgan fingerprint density at radius 2 is 2.15 bits per heavy atom. The Balaban J connectivity index is 1.72. The topological polar surface area (TPSA) is 112 Å². The summed E-state index contributed by atoms with van der Waals surface area (Å²) in [6.07, 6.45) is 9.62. The molecule has 7 nitrogen and oxygen atoms in total. The number of rotatable bonds is 4. The van der Waals surface area contributed by atoms with Crippen molar-refractivity contribution >= 4 is 41.1 Å². The minimum atomic E-state index is -0.966. The molecule has 4 heterocycles. The third-order valence-corrected chi connectivity index (χ3v) is 9.93.